The highest BCUT2D eigenvalue weighted by molar-refractivity contribution is 5.66. The zero-order valence-corrected chi connectivity index (χ0v) is 10.5. The second-order valence-electron chi connectivity index (χ2n) is 3.52. The van der Waals surface area contributed by atoms with E-state index in [1.807, 2.05) is 6.92 Å². The largest absolute Gasteiger partial charge is 0.461 e. The Labute approximate surface area is 102 Å². The third-order valence-electron chi connectivity index (χ3n) is 1.79. The molecule has 0 aliphatic heterocycles. The number of carbonyl (C=O) groups is 2. The summed E-state index contributed by atoms with van der Waals surface area (Å²) in [5, 5.41) is 0. The summed E-state index contributed by atoms with van der Waals surface area (Å²) in [6.07, 6.45) is 5.18. The number of hydrogen-bond donors (Lipinski definition) is 0. The Kier molecular flexibility index (Phi) is 7.43. The van der Waals surface area contributed by atoms with Crippen LogP contribution in [0.5, 0.6) is 0 Å². The fourth-order valence-corrected chi connectivity index (χ4v) is 0.873. The fourth-order valence-electron chi connectivity index (χ4n) is 0.873. The molecule has 94 valence electrons. The van der Waals surface area contributed by atoms with E-state index in [-0.39, 0.29) is 25.2 Å². The van der Waals surface area contributed by atoms with Gasteiger partial charge < -0.3 is 9.47 Å². The minimum atomic E-state index is -0.335. The molecule has 0 aliphatic carbocycles. The van der Waals surface area contributed by atoms with Crippen molar-refractivity contribution in [1.82, 2.24) is 0 Å². The van der Waals surface area contributed by atoms with Gasteiger partial charge in [0.2, 0.25) is 0 Å². The lowest BCUT2D eigenvalue weighted by Crippen LogP contribution is -2.02. The van der Waals surface area contributed by atoms with Gasteiger partial charge in [0, 0.05) is 13.8 Å². The van der Waals surface area contributed by atoms with Gasteiger partial charge in [0.15, 0.2) is 0 Å². The highest BCUT2D eigenvalue weighted by Gasteiger charge is 1.96. The smallest absolute Gasteiger partial charge is 0.302 e. The maximum absolute atomic E-state index is 10.6. The van der Waals surface area contributed by atoms with Crippen LogP contribution in [-0.2, 0) is 19.1 Å². The van der Waals surface area contributed by atoms with Crippen molar-refractivity contribution >= 4 is 11.9 Å². The molecule has 0 rings (SSSR count). The molecule has 0 saturated carbocycles. The Morgan fingerprint density at radius 3 is 2.00 bits per heavy atom. The lowest BCUT2D eigenvalue weighted by molar-refractivity contribution is -0.140. The van der Waals surface area contributed by atoms with Crippen molar-refractivity contribution in [3.63, 3.8) is 0 Å². The lowest BCUT2D eigenvalue weighted by Gasteiger charge is -2.03. The maximum atomic E-state index is 10.6. The SMILES string of the molecule is C=C/C(=C\C=C(/C)COC(C)=O)COC(C)=O. The normalized spacial score (nSPS) is 11.9. The average Bonchev–Trinajstić information content (AvgIpc) is 2.26. The van der Waals surface area contributed by atoms with Crippen LogP contribution in [0, 0.1) is 0 Å². The summed E-state index contributed by atoms with van der Waals surface area (Å²) in [6, 6.07) is 0. The van der Waals surface area contributed by atoms with Crippen molar-refractivity contribution in [2.45, 2.75) is 20.8 Å². The Bertz CT molecular complexity index is 350. The van der Waals surface area contributed by atoms with Crippen molar-refractivity contribution < 1.29 is 19.1 Å². The van der Waals surface area contributed by atoms with E-state index < -0.39 is 0 Å². The van der Waals surface area contributed by atoms with E-state index in [1.165, 1.54) is 13.8 Å². The van der Waals surface area contributed by atoms with Crippen LogP contribution in [0.15, 0.2) is 36.0 Å². The van der Waals surface area contributed by atoms with Crippen molar-refractivity contribution in [1.29, 1.82) is 0 Å². The molecule has 4 nitrogen and oxygen atoms in total. The van der Waals surface area contributed by atoms with Gasteiger partial charge >= 0.3 is 11.9 Å². The number of hydrogen-bond acceptors (Lipinski definition) is 4. The van der Waals surface area contributed by atoms with Crippen LogP contribution in [0.1, 0.15) is 20.8 Å². The topological polar surface area (TPSA) is 52.6 Å². The molecule has 0 N–H and O–H groups in total. The first kappa shape index (κ1) is 15.2. The van der Waals surface area contributed by atoms with Gasteiger partial charge in [0.05, 0.1) is 0 Å². The van der Waals surface area contributed by atoms with E-state index >= 15 is 0 Å². The molecule has 0 aromatic heterocycles. The first-order chi connectivity index (χ1) is 7.95. The van der Waals surface area contributed by atoms with E-state index in [9.17, 15) is 9.59 Å². The highest BCUT2D eigenvalue weighted by Crippen LogP contribution is 2.01. The van der Waals surface area contributed by atoms with Crippen LogP contribution in [-0.4, -0.2) is 25.2 Å². The van der Waals surface area contributed by atoms with E-state index in [4.69, 9.17) is 9.47 Å². The number of ether oxygens (including phenoxy) is 2. The summed E-state index contributed by atoms with van der Waals surface area (Å²) in [4.78, 5) is 21.2. The standard InChI is InChI=1S/C13H18O4/c1-5-13(9-17-12(4)15)7-6-10(2)8-16-11(3)14/h5-7H,1,8-9H2,2-4H3/b10-6+,13-7+. The molecule has 17 heavy (non-hydrogen) atoms. The number of allylic oxidation sites excluding steroid dienone is 2. The molecule has 0 unspecified atom stereocenters. The summed E-state index contributed by atoms with van der Waals surface area (Å²) < 4.78 is 9.65. The third kappa shape index (κ3) is 9.11. The molecule has 0 spiro atoms. The second-order valence-corrected chi connectivity index (χ2v) is 3.52. The van der Waals surface area contributed by atoms with Crippen molar-refractivity contribution in [2.24, 2.45) is 0 Å². The molecule has 0 heterocycles. The van der Waals surface area contributed by atoms with Crippen LogP contribution in [0.4, 0.5) is 0 Å². The molecule has 0 saturated heterocycles. The quantitative estimate of drug-likeness (QED) is 0.525. The average molecular weight is 238 g/mol. The Balaban J connectivity index is 4.31. The molecular weight excluding hydrogens is 220 g/mol. The predicted octanol–water partition coefficient (Wildman–Crippen LogP) is 2.17. The molecule has 4 heteroatoms. The van der Waals surface area contributed by atoms with Crippen LogP contribution in [0.2, 0.25) is 0 Å². The van der Waals surface area contributed by atoms with Crippen molar-refractivity contribution in [3.05, 3.63) is 36.0 Å². The van der Waals surface area contributed by atoms with Gasteiger partial charge in [-0.05, 0) is 18.1 Å². The Morgan fingerprint density at radius 1 is 1.00 bits per heavy atom. The van der Waals surface area contributed by atoms with E-state index in [0.29, 0.717) is 0 Å². The van der Waals surface area contributed by atoms with E-state index in [1.54, 1.807) is 18.2 Å². The summed E-state index contributed by atoms with van der Waals surface area (Å²) >= 11 is 0. The lowest BCUT2D eigenvalue weighted by atomic mass is 10.2. The molecule has 0 radical (unpaired) electrons. The summed E-state index contributed by atoms with van der Waals surface area (Å²) in [5.41, 5.74) is 1.67. The van der Waals surface area contributed by atoms with Crippen LogP contribution in [0.3, 0.4) is 0 Å². The van der Waals surface area contributed by atoms with Crippen LogP contribution in [0.25, 0.3) is 0 Å². The van der Waals surface area contributed by atoms with Gasteiger partial charge in [0.25, 0.3) is 0 Å². The van der Waals surface area contributed by atoms with Crippen LogP contribution >= 0.6 is 0 Å². The first-order valence-electron chi connectivity index (χ1n) is 5.21. The van der Waals surface area contributed by atoms with Gasteiger partial charge in [-0.3, -0.25) is 9.59 Å². The van der Waals surface area contributed by atoms with Crippen LogP contribution < -0.4 is 0 Å². The van der Waals surface area contributed by atoms with E-state index in [2.05, 4.69) is 6.58 Å². The minimum Gasteiger partial charge on any atom is -0.461 e. The molecule has 0 atom stereocenters. The van der Waals surface area contributed by atoms with Gasteiger partial charge in [-0.25, -0.2) is 0 Å². The molecule has 0 aromatic carbocycles. The van der Waals surface area contributed by atoms with Gasteiger partial charge in [-0.2, -0.15) is 0 Å². The highest BCUT2D eigenvalue weighted by atomic mass is 16.5. The molecule has 0 aromatic rings. The third-order valence-corrected chi connectivity index (χ3v) is 1.79. The summed E-state index contributed by atoms with van der Waals surface area (Å²) in [5.74, 6) is -0.649. The van der Waals surface area contributed by atoms with Gasteiger partial charge in [-0.1, -0.05) is 24.8 Å². The minimum absolute atomic E-state index is 0.191. The second kappa shape index (κ2) is 8.33. The Hall–Kier alpha value is -1.84. The number of rotatable bonds is 6. The molecule has 0 amide bonds. The van der Waals surface area contributed by atoms with Crippen molar-refractivity contribution in [3.8, 4) is 0 Å². The zero-order valence-electron chi connectivity index (χ0n) is 10.5. The van der Waals surface area contributed by atoms with E-state index in [0.717, 1.165) is 11.1 Å². The Morgan fingerprint density at radius 2 is 1.53 bits per heavy atom. The number of carbonyl (C=O) groups excluding carboxylic acids is 2. The molecular formula is C13H18O4. The van der Waals surface area contributed by atoms with Gasteiger partial charge in [-0.15, -0.1) is 0 Å². The van der Waals surface area contributed by atoms with Crippen molar-refractivity contribution in [2.75, 3.05) is 13.2 Å². The zero-order chi connectivity index (χ0) is 13.3. The van der Waals surface area contributed by atoms with Gasteiger partial charge in [0.1, 0.15) is 13.2 Å². The first-order valence-corrected chi connectivity index (χ1v) is 5.21. The number of esters is 2. The summed E-state index contributed by atoms with van der Waals surface area (Å²) in [7, 11) is 0. The fraction of sp³-hybridized carbons (Fsp3) is 0.385. The maximum Gasteiger partial charge on any atom is 0.302 e. The molecule has 0 bridgehead atoms. The molecule has 0 fully saturated rings. The summed E-state index contributed by atoms with van der Waals surface area (Å²) in [6.45, 7) is 8.61. The molecule has 0 aliphatic rings. The monoisotopic (exact) mass is 238 g/mol. The predicted molar refractivity (Wildman–Crippen MR) is 65.3 cm³/mol.